The lowest BCUT2D eigenvalue weighted by Gasteiger charge is -2.04. The summed E-state index contributed by atoms with van der Waals surface area (Å²) >= 11 is 0. The van der Waals surface area contributed by atoms with Gasteiger partial charge < -0.3 is 9.15 Å². The summed E-state index contributed by atoms with van der Waals surface area (Å²) in [7, 11) is 0. The van der Waals surface area contributed by atoms with Crippen LogP contribution in [-0.2, 0) is 24.2 Å². The molecule has 0 bridgehead atoms. The lowest BCUT2D eigenvalue weighted by molar-refractivity contribution is -0.384. The fourth-order valence-corrected chi connectivity index (χ4v) is 3.06. The summed E-state index contributed by atoms with van der Waals surface area (Å²) in [4.78, 5) is 22.4. The van der Waals surface area contributed by atoms with Gasteiger partial charge in [0.05, 0.1) is 10.5 Å². The molecule has 8 heteroatoms. The molecule has 3 aromatic rings. The number of nitro benzene ring substituents is 1. The van der Waals surface area contributed by atoms with Crippen molar-refractivity contribution in [1.29, 1.82) is 0 Å². The molecule has 8 nitrogen and oxygen atoms in total. The maximum absolute atomic E-state index is 12.2. The van der Waals surface area contributed by atoms with Crippen LogP contribution in [0.1, 0.15) is 33.8 Å². The molecular weight excluding hydrogens is 350 g/mol. The van der Waals surface area contributed by atoms with E-state index < -0.39 is 10.9 Å². The van der Waals surface area contributed by atoms with Crippen molar-refractivity contribution in [2.24, 2.45) is 0 Å². The van der Waals surface area contributed by atoms with Crippen LogP contribution >= 0.6 is 0 Å². The number of non-ortho nitro benzene ring substituents is 1. The van der Waals surface area contributed by atoms with Crippen molar-refractivity contribution in [3.05, 3.63) is 75.2 Å². The topological polar surface area (TPSA) is 108 Å². The Hall–Kier alpha value is -3.55. The van der Waals surface area contributed by atoms with Crippen LogP contribution in [0.4, 0.5) is 5.69 Å². The Morgan fingerprint density at radius 3 is 2.67 bits per heavy atom. The summed E-state index contributed by atoms with van der Waals surface area (Å²) in [6.45, 7) is -0.143. The highest BCUT2D eigenvalue weighted by molar-refractivity contribution is 5.89. The molecular formula is C19H15N3O5. The van der Waals surface area contributed by atoms with Crippen LogP contribution in [0.15, 0.2) is 46.9 Å². The minimum Gasteiger partial charge on any atom is -0.452 e. The highest BCUT2D eigenvalue weighted by atomic mass is 16.6. The Kier molecular flexibility index (Phi) is 4.37. The van der Waals surface area contributed by atoms with E-state index in [0.717, 1.165) is 19.3 Å². The summed E-state index contributed by atoms with van der Waals surface area (Å²) in [5.74, 6) is -0.0915. The molecule has 1 aromatic heterocycles. The van der Waals surface area contributed by atoms with Crippen LogP contribution in [-0.4, -0.2) is 21.1 Å². The molecule has 4 rings (SSSR count). The fraction of sp³-hybridized carbons (Fsp3) is 0.211. The number of nitro groups is 1. The van der Waals surface area contributed by atoms with E-state index in [0.29, 0.717) is 11.1 Å². The molecule has 2 aromatic carbocycles. The predicted octanol–water partition coefficient (Wildman–Crippen LogP) is 3.49. The van der Waals surface area contributed by atoms with Crippen LogP contribution in [0.2, 0.25) is 0 Å². The third kappa shape index (κ3) is 3.55. The summed E-state index contributed by atoms with van der Waals surface area (Å²) in [6.07, 6.45) is 3.15. The molecule has 0 saturated heterocycles. The van der Waals surface area contributed by atoms with E-state index in [9.17, 15) is 14.9 Å². The third-order valence-electron chi connectivity index (χ3n) is 4.45. The number of ether oxygens (including phenoxy) is 1. The lowest BCUT2D eigenvalue weighted by Crippen LogP contribution is -2.06. The summed E-state index contributed by atoms with van der Waals surface area (Å²) in [5, 5.41) is 18.4. The van der Waals surface area contributed by atoms with Gasteiger partial charge in [-0.1, -0.05) is 6.07 Å². The van der Waals surface area contributed by atoms with Crippen molar-refractivity contribution >= 4 is 11.7 Å². The van der Waals surface area contributed by atoms with E-state index in [2.05, 4.69) is 10.2 Å². The molecule has 1 aliphatic rings. The first kappa shape index (κ1) is 16.9. The van der Waals surface area contributed by atoms with Gasteiger partial charge in [-0.05, 0) is 54.7 Å². The molecule has 0 fully saturated rings. The van der Waals surface area contributed by atoms with Gasteiger partial charge in [-0.3, -0.25) is 10.1 Å². The zero-order valence-electron chi connectivity index (χ0n) is 14.3. The Balaban J connectivity index is 1.40. The number of aromatic nitrogens is 2. The molecule has 0 amide bonds. The van der Waals surface area contributed by atoms with Gasteiger partial charge in [-0.2, -0.15) is 0 Å². The Bertz CT molecular complexity index is 1010. The summed E-state index contributed by atoms with van der Waals surface area (Å²) < 4.78 is 10.7. The van der Waals surface area contributed by atoms with Gasteiger partial charge in [0.2, 0.25) is 5.89 Å². The number of hydrogen-bond acceptors (Lipinski definition) is 7. The number of carbonyl (C=O) groups excluding carboxylic acids is 1. The maximum Gasteiger partial charge on any atom is 0.338 e. The smallest absolute Gasteiger partial charge is 0.338 e. The van der Waals surface area contributed by atoms with E-state index in [1.165, 1.54) is 35.4 Å². The molecule has 0 aliphatic heterocycles. The van der Waals surface area contributed by atoms with Gasteiger partial charge in [0.15, 0.2) is 6.61 Å². The first-order valence-corrected chi connectivity index (χ1v) is 8.46. The Morgan fingerprint density at radius 2 is 1.89 bits per heavy atom. The second-order valence-electron chi connectivity index (χ2n) is 6.22. The monoisotopic (exact) mass is 365 g/mol. The van der Waals surface area contributed by atoms with Gasteiger partial charge in [0, 0.05) is 17.7 Å². The van der Waals surface area contributed by atoms with Gasteiger partial charge in [0.1, 0.15) is 0 Å². The molecule has 0 atom stereocenters. The summed E-state index contributed by atoms with van der Waals surface area (Å²) in [5.41, 5.74) is 3.51. The van der Waals surface area contributed by atoms with Crippen molar-refractivity contribution in [2.45, 2.75) is 25.9 Å². The summed E-state index contributed by atoms with van der Waals surface area (Å²) in [6, 6.07) is 11.4. The number of esters is 1. The number of aryl methyl sites for hydroxylation is 2. The lowest BCUT2D eigenvalue weighted by atomic mass is 10.1. The Morgan fingerprint density at radius 1 is 1.11 bits per heavy atom. The average molecular weight is 365 g/mol. The second-order valence-corrected chi connectivity index (χ2v) is 6.22. The average Bonchev–Trinajstić information content (AvgIpc) is 3.35. The minimum atomic E-state index is -0.485. The van der Waals surface area contributed by atoms with Crippen LogP contribution in [0, 0.1) is 10.1 Å². The first-order valence-electron chi connectivity index (χ1n) is 8.46. The highest BCUT2D eigenvalue weighted by Crippen LogP contribution is 2.24. The van der Waals surface area contributed by atoms with Gasteiger partial charge in [0.25, 0.3) is 11.6 Å². The molecule has 0 N–H and O–H groups in total. The maximum atomic E-state index is 12.2. The van der Waals surface area contributed by atoms with Crippen molar-refractivity contribution in [3.8, 4) is 11.5 Å². The molecule has 1 aliphatic carbocycles. The molecule has 0 spiro atoms. The van der Waals surface area contributed by atoms with Gasteiger partial charge in [-0.15, -0.1) is 10.2 Å². The number of fused-ring (bicyclic) bond motifs is 1. The number of rotatable bonds is 5. The van der Waals surface area contributed by atoms with E-state index in [1.54, 1.807) is 6.07 Å². The molecule has 0 saturated carbocycles. The quantitative estimate of drug-likeness (QED) is 0.387. The van der Waals surface area contributed by atoms with Crippen LogP contribution in [0.5, 0.6) is 0 Å². The molecule has 1 heterocycles. The fourth-order valence-electron chi connectivity index (χ4n) is 3.06. The van der Waals surface area contributed by atoms with Crippen molar-refractivity contribution in [1.82, 2.24) is 10.2 Å². The van der Waals surface area contributed by atoms with Crippen LogP contribution in [0.25, 0.3) is 11.5 Å². The standard InChI is InChI=1S/C19H15N3O5/c23-19(15-5-4-12-2-1-3-14(12)10-15)26-11-17-20-21-18(27-17)13-6-8-16(9-7-13)22(24)25/h4-10H,1-3,11H2. The minimum absolute atomic E-state index is 0.0261. The van der Waals surface area contributed by atoms with E-state index in [4.69, 9.17) is 9.15 Å². The van der Waals surface area contributed by atoms with Gasteiger partial charge >= 0.3 is 5.97 Å². The zero-order valence-corrected chi connectivity index (χ0v) is 14.3. The van der Waals surface area contributed by atoms with Crippen molar-refractivity contribution < 1.29 is 18.9 Å². The zero-order chi connectivity index (χ0) is 18.8. The molecule has 0 radical (unpaired) electrons. The normalized spacial score (nSPS) is 12.6. The second kappa shape index (κ2) is 6.99. The van der Waals surface area contributed by atoms with Gasteiger partial charge in [-0.25, -0.2) is 4.79 Å². The first-order chi connectivity index (χ1) is 13.1. The third-order valence-corrected chi connectivity index (χ3v) is 4.45. The largest absolute Gasteiger partial charge is 0.452 e. The van der Waals surface area contributed by atoms with E-state index >= 15 is 0 Å². The number of nitrogens with zero attached hydrogens (tertiary/aromatic N) is 3. The van der Waals surface area contributed by atoms with Crippen LogP contribution in [0.3, 0.4) is 0 Å². The number of benzene rings is 2. The predicted molar refractivity (Wildman–Crippen MR) is 94.0 cm³/mol. The number of hydrogen-bond donors (Lipinski definition) is 0. The van der Waals surface area contributed by atoms with Crippen molar-refractivity contribution in [2.75, 3.05) is 0 Å². The molecule has 0 unspecified atom stereocenters. The van der Waals surface area contributed by atoms with Crippen LogP contribution < -0.4 is 0 Å². The SMILES string of the molecule is O=C(OCc1nnc(-c2ccc([N+](=O)[O-])cc2)o1)c1ccc2c(c1)CCC2. The van der Waals surface area contributed by atoms with E-state index in [-0.39, 0.29) is 24.1 Å². The number of carbonyl (C=O) groups is 1. The molecule has 27 heavy (non-hydrogen) atoms. The Labute approximate surface area is 153 Å². The van der Waals surface area contributed by atoms with Crippen molar-refractivity contribution in [3.63, 3.8) is 0 Å². The van der Waals surface area contributed by atoms with E-state index in [1.807, 2.05) is 12.1 Å². The molecule has 136 valence electrons. The highest BCUT2D eigenvalue weighted by Gasteiger charge is 2.16.